The van der Waals surface area contributed by atoms with Crippen LogP contribution < -0.4 is 30.7 Å². The molecule has 0 amide bonds. The highest BCUT2D eigenvalue weighted by Gasteiger charge is 2.44. The van der Waals surface area contributed by atoms with E-state index in [0.29, 0.717) is 13.0 Å². The molecule has 6 atom stereocenters. The van der Waals surface area contributed by atoms with Gasteiger partial charge in [-0.2, -0.15) is 4.98 Å². The second-order valence-corrected chi connectivity index (χ2v) is 12.1. The number of aliphatic hydroxyl groups is 2. The van der Waals surface area contributed by atoms with Crippen molar-refractivity contribution < 1.29 is 66.2 Å². The average molecular weight is 613 g/mol. The summed E-state index contributed by atoms with van der Waals surface area (Å²) >= 11 is 0. The van der Waals surface area contributed by atoms with Gasteiger partial charge in [-0.3, -0.25) is 22.8 Å². The fourth-order valence-electron chi connectivity index (χ4n) is 3.33. The number of aliphatic hydroxyl groups excluding tert-OH is 2. The molecule has 3 rings (SSSR count). The molecule has 3 N–H and O–H groups in total. The van der Waals surface area contributed by atoms with Gasteiger partial charge < -0.3 is 43.6 Å². The summed E-state index contributed by atoms with van der Waals surface area (Å²) in [6.07, 6.45) is -4.26. The molecular formula is C18H22N3O15P3-4. The van der Waals surface area contributed by atoms with Gasteiger partial charge >= 0.3 is 5.69 Å². The van der Waals surface area contributed by atoms with Crippen LogP contribution in [0.25, 0.3) is 0 Å². The first-order chi connectivity index (χ1) is 18.2. The van der Waals surface area contributed by atoms with Gasteiger partial charge in [0.2, 0.25) is 0 Å². The van der Waals surface area contributed by atoms with Gasteiger partial charge in [-0.25, -0.2) is 14.6 Å². The predicted molar refractivity (Wildman–Crippen MR) is 120 cm³/mol. The third kappa shape index (κ3) is 9.93. The lowest BCUT2D eigenvalue weighted by molar-refractivity contribution is -0.339. The summed E-state index contributed by atoms with van der Waals surface area (Å²) in [5, 5.41) is 20.4. The number of hydrogen-bond donors (Lipinski definition) is 3. The largest absolute Gasteiger partial charge is 0.790 e. The number of hydrogen-bond acceptors (Lipinski definition) is 17. The normalized spacial score (nSPS) is 24.7. The highest BCUT2D eigenvalue weighted by atomic mass is 31.3. The van der Waals surface area contributed by atoms with Crippen molar-refractivity contribution in [2.75, 3.05) is 18.7 Å². The Kier molecular flexibility index (Phi) is 10.7. The molecule has 0 radical (unpaired) electrons. The van der Waals surface area contributed by atoms with E-state index in [9.17, 15) is 48.3 Å². The van der Waals surface area contributed by atoms with Crippen LogP contribution in [-0.4, -0.2) is 51.3 Å². The van der Waals surface area contributed by atoms with E-state index in [1.165, 1.54) is 6.07 Å². The Bertz CT molecular complexity index is 1310. The Morgan fingerprint density at radius 1 is 1.00 bits per heavy atom. The molecule has 18 nitrogen and oxygen atoms in total. The van der Waals surface area contributed by atoms with Crippen molar-refractivity contribution in [3.63, 3.8) is 0 Å². The molecule has 1 aliphatic rings. The first kappa shape index (κ1) is 31.7. The number of nitrogens with zero attached hydrogens (tertiary/aromatic N) is 2. The molecule has 2 aromatic rings. The van der Waals surface area contributed by atoms with Crippen molar-refractivity contribution in [3.05, 3.63) is 58.6 Å². The van der Waals surface area contributed by atoms with Gasteiger partial charge in [0, 0.05) is 6.20 Å². The van der Waals surface area contributed by atoms with Gasteiger partial charge in [0.05, 0.1) is 21.0 Å². The van der Waals surface area contributed by atoms with Gasteiger partial charge in [-0.1, -0.05) is 30.3 Å². The summed E-state index contributed by atoms with van der Waals surface area (Å²) in [5.41, 5.74) is 2.67. The third-order valence-corrected chi connectivity index (χ3v) is 8.63. The van der Waals surface area contributed by atoms with E-state index >= 15 is 0 Å². The Morgan fingerprint density at radius 2 is 1.69 bits per heavy atom. The van der Waals surface area contributed by atoms with Crippen LogP contribution in [-0.2, 0) is 42.8 Å². The number of benzene rings is 1. The molecule has 1 fully saturated rings. The SMILES string of the molecule is O=c1nc(NOCCCc2ccccc2)ccn1[C@@H]1O[C@H](COP(=O)([O-])OP(=O)([O-])OP(=O)([O-])[O-])[C@@H](O)[C@H]1O. The number of phosphoric acid groups is 3. The van der Waals surface area contributed by atoms with Gasteiger partial charge in [-0.05, 0) is 24.5 Å². The molecule has 0 aliphatic carbocycles. The van der Waals surface area contributed by atoms with E-state index in [1.54, 1.807) is 0 Å². The molecule has 1 aliphatic heterocycles. The molecule has 2 heterocycles. The molecule has 0 bridgehead atoms. The van der Waals surface area contributed by atoms with E-state index in [2.05, 4.69) is 23.6 Å². The Morgan fingerprint density at radius 3 is 2.33 bits per heavy atom. The minimum Gasteiger partial charge on any atom is -0.790 e. The zero-order chi connectivity index (χ0) is 28.8. The second-order valence-electron chi connectivity index (χ2n) is 7.89. The van der Waals surface area contributed by atoms with Crippen molar-refractivity contribution in [2.45, 2.75) is 37.4 Å². The highest BCUT2D eigenvalue weighted by molar-refractivity contribution is 7.64. The van der Waals surface area contributed by atoms with Crippen LogP contribution in [0.5, 0.6) is 0 Å². The average Bonchev–Trinajstić information content (AvgIpc) is 3.09. The van der Waals surface area contributed by atoms with Crippen molar-refractivity contribution >= 4 is 29.3 Å². The number of nitrogens with one attached hydrogen (secondary N) is 1. The fourth-order valence-corrected chi connectivity index (χ4v) is 6.19. The van der Waals surface area contributed by atoms with Crippen molar-refractivity contribution in [2.24, 2.45) is 0 Å². The summed E-state index contributed by atoms with van der Waals surface area (Å²) in [4.78, 5) is 65.0. The van der Waals surface area contributed by atoms with Crippen LogP contribution in [0.3, 0.4) is 0 Å². The molecule has 1 aromatic carbocycles. The first-order valence-electron chi connectivity index (χ1n) is 10.9. The zero-order valence-electron chi connectivity index (χ0n) is 19.6. The number of aryl methyl sites for hydroxylation is 1. The molecule has 218 valence electrons. The van der Waals surface area contributed by atoms with E-state index in [1.807, 2.05) is 30.3 Å². The maximum atomic E-state index is 12.4. The van der Waals surface area contributed by atoms with Gasteiger partial charge in [0.15, 0.2) is 12.0 Å². The second kappa shape index (κ2) is 13.2. The summed E-state index contributed by atoms with van der Waals surface area (Å²) in [6.45, 7) is -0.854. The number of anilines is 1. The van der Waals surface area contributed by atoms with Gasteiger partial charge in [0.25, 0.3) is 15.6 Å². The molecule has 39 heavy (non-hydrogen) atoms. The first-order valence-corrected chi connectivity index (χ1v) is 15.3. The van der Waals surface area contributed by atoms with Crippen LogP contribution in [0.2, 0.25) is 0 Å². The molecule has 1 aromatic heterocycles. The topological polar surface area (TPSA) is 277 Å². The smallest absolute Gasteiger partial charge is 0.351 e. The third-order valence-electron chi connectivity index (χ3n) is 4.97. The van der Waals surface area contributed by atoms with E-state index in [0.717, 1.165) is 22.7 Å². The lowest BCUT2D eigenvalue weighted by Gasteiger charge is -2.37. The number of aromatic nitrogens is 2. The van der Waals surface area contributed by atoms with Crippen LogP contribution in [0, 0.1) is 0 Å². The molecular weight excluding hydrogens is 591 g/mol. The molecule has 21 heteroatoms. The van der Waals surface area contributed by atoms with E-state index in [4.69, 9.17) is 9.57 Å². The van der Waals surface area contributed by atoms with Crippen LogP contribution in [0.1, 0.15) is 18.2 Å². The van der Waals surface area contributed by atoms with Crippen LogP contribution >= 0.6 is 23.5 Å². The molecule has 0 saturated carbocycles. The molecule has 1 saturated heterocycles. The highest BCUT2D eigenvalue weighted by Crippen LogP contribution is 2.60. The lowest BCUT2D eigenvalue weighted by atomic mass is 10.1. The Hall–Kier alpha value is -1.85. The number of rotatable bonds is 14. The molecule has 2 unspecified atom stereocenters. The Balaban J connectivity index is 1.52. The van der Waals surface area contributed by atoms with Gasteiger partial charge in [0.1, 0.15) is 18.3 Å². The quantitative estimate of drug-likeness (QED) is 0.114. The zero-order valence-corrected chi connectivity index (χ0v) is 22.3. The van der Waals surface area contributed by atoms with Crippen LogP contribution in [0.15, 0.2) is 47.4 Å². The summed E-state index contributed by atoms with van der Waals surface area (Å²) in [6, 6.07) is 11.0. The molecule has 0 spiro atoms. The van der Waals surface area contributed by atoms with E-state index in [-0.39, 0.29) is 5.82 Å². The van der Waals surface area contributed by atoms with Crippen molar-refractivity contribution in [1.82, 2.24) is 9.55 Å². The maximum Gasteiger partial charge on any atom is 0.351 e. The minimum absolute atomic E-state index is 0.0262. The lowest BCUT2D eigenvalue weighted by Crippen LogP contribution is -2.36. The summed E-state index contributed by atoms with van der Waals surface area (Å²) < 4.78 is 50.0. The number of ether oxygens (including phenoxy) is 1. The van der Waals surface area contributed by atoms with E-state index < -0.39 is 60.3 Å². The standard InChI is InChI=1S/C18H26N3O15P3/c22-15-13(11-33-38(28,29)36-39(30,31)35-37(25,26)27)34-17(16(15)23)21-9-8-14(19-18(21)24)20-32-10-4-7-12-5-2-1-3-6-12/h1-3,5-6,8-9,13,15-17,22-23H,4,7,10-11H2,(H,28,29)(H,30,31)(H,19,20,24)(H2,25,26,27)/p-4/t13-,15-,16-,17-/m1/s1. The summed E-state index contributed by atoms with van der Waals surface area (Å²) in [5.74, 6) is 0.0262. The summed E-state index contributed by atoms with van der Waals surface area (Å²) in [7, 11) is -18.2. The monoisotopic (exact) mass is 613 g/mol. The van der Waals surface area contributed by atoms with Crippen LogP contribution in [0.4, 0.5) is 5.82 Å². The fraction of sp³-hybridized carbons (Fsp3) is 0.444. The van der Waals surface area contributed by atoms with Crippen molar-refractivity contribution in [1.29, 1.82) is 0 Å². The minimum atomic E-state index is -6.18. The maximum absolute atomic E-state index is 12.4. The predicted octanol–water partition coefficient (Wildman–Crippen LogP) is -2.35. The van der Waals surface area contributed by atoms with Gasteiger partial charge in [-0.15, -0.1) is 0 Å². The number of phosphoric ester groups is 1. The van der Waals surface area contributed by atoms with Crippen molar-refractivity contribution in [3.8, 4) is 0 Å². The Labute approximate surface area is 220 Å².